The van der Waals surface area contributed by atoms with Gasteiger partial charge in [0.25, 0.3) is 0 Å². The van der Waals surface area contributed by atoms with Crippen LogP contribution in [0.5, 0.6) is 0 Å². The molecule has 2 aliphatic rings. The third kappa shape index (κ3) is 3.87. The van der Waals surface area contributed by atoms with Gasteiger partial charge in [-0.2, -0.15) is 11.8 Å². The Balaban J connectivity index is 0.00000176. The predicted octanol–water partition coefficient (Wildman–Crippen LogP) is 2.09. The van der Waals surface area contributed by atoms with Crippen LogP contribution in [-0.4, -0.2) is 47.9 Å². The molecule has 22 heavy (non-hydrogen) atoms. The molecule has 7 heteroatoms. The third-order valence-corrected chi connectivity index (χ3v) is 4.88. The van der Waals surface area contributed by atoms with Crippen molar-refractivity contribution in [2.75, 3.05) is 36.5 Å². The van der Waals surface area contributed by atoms with E-state index in [2.05, 4.69) is 15.2 Å². The van der Waals surface area contributed by atoms with Gasteiger partial charge in [-0.05, 0) is 18.1 Å². The molecule has 1 saturated heterocycles. The van der Waals surface area contributed by atoms with Crippen LogP contribution in [0, 0.1) is 0 Å². The van der Waals surface area contributed by atoms with Gasteiger partial charge in [-0.15, -0.1) is 24.0 Å². The molecule has 120 valence electrons. The Bertz CT molecular complexity index is 560. The lowest BCUT2D eigenvalue weighted by molar-refractivity contribution is -0.117. The molecule has 0 spiro atoms. The van der Waals surface area contributed by atoms with Crippen LogP contribution < -0.4 is 11.1 Å². The average molecular weight is 432 g/mol. The van der Waals surface area contributed by atoms with Crippen molar-refractivity contribution in [3.05, 3.63) is 29.8 Å². The highest BCUT2D eigenvalue weighted by Gasteiger charge is 2.29. The van der Waals surface area contributed by atoms with Crippen molar-refractivity contribution in [3.63, 3.8) is 0 Å². The number of para-hydroxylation sites is 1. The van der Waals surface area contributed by atoms with Gasteiger partial charge >= 0.3 is 0 Å². The Morgan fingerprint density at radius 2 is 2.09 bits per heavy atom. The maximum absolute atomic E-state index is 12.0. The first-order valence-electron chi connectivity index (χ1n) is 7.28. The second kappa shape index (κ2) is 8.05. The first-order chi connectivity index (χ1) is 10.3. The minimum Gasteiger partial charge on any atom is -0.370 e. The highest BCUT2D eigenvalue weighted by Crippen LogP contribution is 2.34. The predicted molar refractivity (Wildman–Crippen MR) is 103 cm³/mol. The Hall–Kier alpha value is -0.960. The quantitative estimate of drug-likeness (QED) is 0.436. The molecule has 1 aromatic rings. The summed E-state index contributed by atoms with van der Waals surface area (Å²) in [5, 5.41) is 2.92. The van der Waals surface area contributed by atoms with Gasteiger partial charge in [0.15, 0.2) is 5.96 Å². The fourth-order valence-corrected chi connectivity index (χ4v) is 3.67. The van der Waals surface area contributed by atoms with Crippen molar-refractivity contribution >= 4 is 53.3 Å². The lowest BCUT2D eigenvalue weighted by Gasteiger charge is -2.27. The van der Waals surface area contributed by atoms with Gasteiger partial charge in [0.05, 0.1) is 5.92 Å². The zero-order chi connectivity index (χ0) is 14.7. The van der Waals surface area contributed by atoms with E-state index in [1.54, 1.807) is 0 Å². The normalized spacial score (nSPS) is 21.1. The largest absolute Gasteiger partial charge is 0.370 e. The summed E-state index contributed by atoms with van der Waals surface area (Å²) in [6, 6.07) is 7.85. The molecule has 2 heterocycles. The van der Waals surface area contributed by atoms with Crippen molar-refractivity contribution in [1.29, 1.82) is 0 Å². The summed E-state index contributed by atoms with van der Waals surface area (Å²) in [6.45, 7) is 2.52. The molecule has 1 amide bonds. The van der Waals surface area contributed by atoms with E-state index in [0.29, 0.717) is 18.9 Å². The highest BCUT2D eigenvalue weighted by atomic mass is 127. The molecule has 0 saturated carbocycles. The maximum atomic E-state index is 12.0. The van der Waals surface area contributed by atoms with Crippen LogP contribution in [0.2, 0.25) is 0 Å². The second-order valence-corrected chi connectivity index (χ2v) is 6.48. The molecule has 3 N–H and O–H groups in total. The van der Waals surface area contributed by atoms with Gasteiger partial charge in [-0.25, -0.2) is 0 Å². The SMILES string of the molecule is I.NC(=NCCC1C(=O)Nc2ccccc21)N1CCSCC1. The minimum atomic E-state index is -0.102. The molecule has 5 nitrogen and oxygen atoms in total. The van der Waals surface area contributed by atoms with Crippen molar-refractivity contribution in [3.8, 4) is 0 Å². The van der Waals surface area contributed by atoms with E-state index < -0.39 is 0 Å². The maximum Gasteiger partial charge on any atom is 0.232 e. The Morgan fingerprint density at radius 1 is 1.36 bits per heavy atom. The molecule has 0 aromatic heterocycles. The number of aliphatic imine (C=N–C) groups is 1. The first-order valence-corrected chi connectivity index (χ1v) is 8.43. The monoisotopic (exact) mass is 432 g/mol. The Labute approximate surface area is 152 Å². The van der Waals surface area contributed by atoms with Crippen LogP contribution in [0.15, 0.2) is 29.3 Å². The third-order valence-electron chi connectivity index (χ3n) is 3.94. The van der Waals surface area contributed by atoms with Crippen molar-refractivity contribution in [2.24, 2.45) is 10.7 Å². The summed E-state index contributed by atoms with van der Waals surface area (Å²) in [7, 11) is 0. The summed E-state index contributed by atoms with van der Waals surface area (Å²) in [4.78, 5) is 18.6. The van der Waals surface area contributed by atoms with E-state index in [1.807, 2.05) is 36.0 Å². The number of halogens is 1. The van der Waals surface area contributed by atoms with Gasteiger partial charge in [-0.1, -0.05) is 18.2 Å². The van der Waals surface area contributed by atoms with E-state index in [1.165, 1.54) is 0 Å². The van der Waals surface area contributed by atoms with Crippen molar-refractivity contribution < 1.29 is 4.79 Å². The molecule has 1 fully saturated rings. The topological polar surface area (TPSA) is 70.7 Å². The lowest BCUT2D eigenvalue weighted by Crippen LogP contribution is -2.42. The number of nitrogens with two attached hydrogens (primary N) is 1. The number of amides is 1. The number of thioether (sulfide) groups is 1. The summed E-state index contributed by atoms with van der Waals surface area (Å²) in [5.74, 6) is 2.79. The van der Waals surface area contributed by atoms with E-state index in [0.717, 1.165) is 35.8 Å². The van der Waals surface area contributed by atoms with Gasteiger partial charge < -0.3 is 16.0 Å². The average Bonchev–Trinajstić information content (AvgIpc) is 2.84. The molecule has 1 aromatic carbocycles. The zero-order valence-corrected chi connectivity index (χ0v) is 15.5. The van der Waals surface area contributed by atoms with Crippen LogP contribution >= 0.6 is 35.7 Å². The number of fused-ring (bicyclic) bond motifs is 1. The van der Waals surface area contributed by atoms with E-state index in [-0.39, 0.29) is 35.8 Å². The number of carbonyl (C=O) groups is 1. The number of nitrogens with zero attached hydrogens (tertiary/aromatic N) is 2. The van der Waals surface area contributed by atoms with Crippen LogP contribution in [-0.2, 0) is 4.79 Å². The van der Waals surface area contributed by atoms with Crippen molar-refractivity contribution in [1.82, 2.24) is 4.90 Å². The number of nitrogens with one attached hydrogen (secondary N) is 1. The number of rotatable bonds is 3. The molecule has 2 aliphatic heterocycles. The molecule has 3 rings (SSSR count). The van der Waals surface area contributed by atoms with Gasteiger partial charge in [0.1, 0.15) is 0 Å². The summed E-state index contributed by atoms with van der Waals surface area (Å²) >= 11 is 1.95. The molecular weight excluding hydrogens is 411 g/mol. The molecular formula is C15H21IN4OS. The molecule has 0 radical (unpaired) electrons. The standard InChI is InChI=1S/C15H20N4OS.HI/c16-15(19-7-9-21-10-8-19)17-6-5-12-11-3-1-2-4-13(11)18-14(12)20;/h1-4,12H,5-10H2,(H2,16,17)(H,18,20);1H. The molecule has 1 unspecified atom stereocenters. The first kappa shape index (κ1) is 17.4. The van der Waals surface area contributed by atoms with E-state index >= 15 is 0 Å². The summed E-state index contributed by atoms with van der Waals surface area (Å²) in [5.41, 5.74) is 8.03. The van der Waals surface area contributed by atoms with E-state index in [9.17, 15) is 4.79 Å². The van der Waals surface area contributed by atoms with E-state index in [4.69, 9.17) is 5.73 Å². The van der Waals surface area contributed by atoms with Gasteiger partial charge in [-0.3, -0.25) is 9.79 Å². The molecule has 0 bridgehead atoms. The summed E-state index contributed by atoms with van der Waals surface area (Å²) < 4.78 is 0. The van der Waals surface area contributed by atoms with Crippen LogP contribution in [0.1, 0.15) is 17.9 Å². The number of guanidine groups is 1. The minimum absolute atomic E-state index is 0. The number of hydrogen-bond donors (Lipinski definition) is 2. The van der Waals surface area contributed by atoms with Crippen LogP contribution in [0.25, 0.3) is 0 Å². The molecule has 1 atom stereocenters. The Morgan fingerprint density at radius 3 is 2.86 bits per heavy atom. The highest BCUT2D eigenvalue weighted by molar-refractivity contribution is 14.0. The lowest BCUT2D eigenvalue weighted by atomic mass is 9.97. The fourth-order valence-electron chi connectivity index (χ4n) is 2.76. The van der Waals surface area contributed by atoms with Gasteiger partial charge in [0.2, 0.25) is 5.91 Å². The fraction of sp³-hybridized carbons (Fsp3) is 0.467. The van der Waals surface area contributed by atoms with Crippen molar-refractivity contribution in [2.45, 2.75) is 12.3 Å². The number of anilines is 1. The number of carbonyl (C=O) groups excluding carboxylic acids is 1. The van der Waals surface area contributed by atoms with Gasteiger partial charge in [0, 0.05) is 36.8 Å². The smallest absolute Gasteiger partial charge is 0.232 e. The zero-order valence-electron chi connectivity index (χ0n) is 12.3. The molecule has 0 aliphatic carbocycles. The van der Waals surface area contributed by atoms with Crippen LogP contribution in [0.4, 0.5) is 5.69 Å². The Kier molecular flexibility index (Phi) is 6.37. The number of hydrogen-bond acceptors (Lipinski definition) is 3. The number of benzene rings is 1. The summed E-state index contributed by atoms with van der Waals surface area (Å²) in [6.07, 6.45) is 0.701. The second-order valence-electron chi connectivity index (χ2n) is 5.26. The van der Waals surface area contributed by atoms with Crippen LogP contribution in [0.3, 0.4) is 0 Å².